The third kappa shape index (κ3) is 3.70. The molecule has 0 amide bonds. The van der Waals surface area contributed by atoms with Gasteiger partial charge in [-0.15, -0.1) is 0 Å². The number of ketones is 1. The Hall–Kier alpha value is -2.42. The number of aliphatic hydroxyl groups excluding tert-OH is 1. The lowest BCUT2D eigenvalue weighted by atomic mass is 9.63. The summed E-state index contributed by atoms with van der Waals surface area (Å²) in [5, 5.41) is 19.4. The molecule has 1 saturated carbocycles. The molecule has 1 aliphatic carbocycles. The van der Waals surface area contributed by atoms with Gasteiger partial charge in [0.25, 0.3) is 0 Å². The average Bonchev–Trinajstić information content (AvgIpc) is 3.36. The van der Waals surface area contributed by atoms with Crippen molar-refractivity contribution in [3.63, 3.8) is 0 Å². The van der Waals surface area contributed by atoms with E-state index in [4.69, 9.17) is 0 Å². The molecule has 3 fully saturated rings. The van der Waals surface area contributed by atoms with E-state index in [-0.39, 0.29) is 17.9 Å². The summed E-state index contributed by atoms with van der Waals surface area (Å²) in [5.41, 5.74) is 5.01. The average molecular weight is 432 g/mol. The fraction of sp³-hybridized carbons (Fsp3) is 0.556. The van der Waals surface area contributed by atoms with E-state index >= 15 is 0 Å². The first-order valence-corrected chi connectivity index (χ1v) is 11.9. The summed E-state index contributed by atoms with van der Waals surface area (Å²) < 4.78 is 2.22. The molecular formula is C27H33N3O2. The predicted molar refractivity (Wildman–Crippen MR) is 124 cm³/mol. The summed E-state index contributed by atoms with van der Waals surface area (Å²) >= 11 is 0. The Balaban J connectivity index is 1.45. The quantitative estimate of drug-likeness (QED) is 0.688. The minimum absolute atomic E-state index is 0.140. The van der Waals surface area contributed by atoms with E-state index in [9.17, 15) is 15.2 Å². The highest BCUT2D eigenvalue weighted by atomic mass is 16.3. The topological polar surface area (TPSA) is 69.3 Å². The van der Waals surface area contributed by atoms with Crippen LogP contribution in [-0.4, -0.2) is 45.1 Å². The summed E-state index contributed by atoms with van der Waals surface area (Å²) in [4.78, 5) is 15.7. The lowest BCUT2D eigenvalue weighted by Crippen LogP contribution is -2.36. The summed E-state index contributed by atoms with van der Waals surface area (Å²) in [6.07, 6.45) is 5.97. The Labute approximate surface area is 190 Å². The molecule has 5 heteroatoms. The van der Waals surface area contributed by atoms with Crippen LogP contribution in [0.25, 0.3) is 5.69 Å². The van der Waals surface area contributed by atoms with Crippen LogP contribution in [0.15, 0.2) is 30.3 Å². The van der Waals surface area contributed by atoms with Gasteiger partial charge >= 0.3 is 0 Å². The molecule has 0 radical (unpaired) electrons. The van der Waals surface area contributed by atoms with Gasteiger partial charge in [0.2, 0.25) is 0 Å². The van der Waals surface area contributed by atoms with Crippen LogP contribution in [0.5, 0.6) is 0 Å². The van der Waals surface area contributed by atoms with Crippen molar-refractivity contribution in [1.82, 2.24) is 9.47 Å². The van der Waals surface area contributed by atoms with Crippen LogP contribution >= 0.6 is 0 Å². The maximum Gasteiger partial charge on any atom is 0.178 e. The molecule has 2 aromatic rings. The fourth-order valence-corrected chi connectivity index (χ4v) is 6.66. The van der Waals surface area contributed by atoms with Gasteiger partial charge in [-0.1, -0.05) is 13.8 Å². The first-order valence-electron chi connectivity index (χ1n) is 11.9. The Bertz CT molecular complexity index is 1070. The molecule has 0 unspecified atom stereocenters. The molecule has 3 heterocycles. The van der Waals surface area contributed by atoms with Gasteiger partial charge < -0.3 is 9.67 Å². The maximum atomic E-state index is 13.4. The number of rotatable bonds is 6. The molecule has 2 aliphatic heterocycles. The van der Waals surface area contributed by atoms with Gasteiger partial charge in [0, 0.05) is 34.7 Å². The number of hydrogen-bond donors (Lipinski definition) is 1. The van der Waals surface area contributed by atoms with E-state index in [1.165, 1.54) is 18.5 Å². The Morgan fingerprint density at radius 2 is 1.94 bits per heavy atom. The van der Waals surface area contributed by atoms with Crippen molar-refractivity contribution in [2.75, 3.05) is 6.54 Å². The van der Waals surface area contributed by atoms with E-state index in [1.807, 2.05) is 31.2 Å². The molecule has 5 nitrogen and oxygen atoms in total. The van der Waals surface area contributed by atoms with Gasteiger partial charge in [0.05, 0.1) is 24.3 Å². The fourth-order valence-electron chi connectivity index (χ4n) is 6.66. The van der Waals surface area contributed by atoms with Crippen molar-refractivity contribution in [3.8, 4) is 11.8 Å². The summed E-state index contributed by atoms with van der Waals surface area (Å²) in [6, 6.07) is 12.4. The normalized spacial score (nSPS) is 26.8. The van der Waals surface area contributed by atoms with Crippen LogP contribution in [0.3, 0.4) is 0 Å². The van der Waals surface area contributed by atoms with E-state index in [0.29, 0.717) is 29.5 Å². The third-order valence-electron chi connectivity index (χ3n) is 8.03. The minimum Gasteiger partial charge on any atom is -0.391 e. The second-order valence-corrected chi connectivity index (χ2v) is 11.0. The van der Waals surface area contributed by atoms with Gasteiger partial charge in [0.15, 0.2) is 5.78 Å². The summed E-state index contributed by atoms with van der Waals surface area (Å²) in [5.74, 6) is 0.792. The molecule has 3 atom stereocenters. The molecule has 1 aromatic carbocycles. The molecule has 2 bridgehead atoms. The first-order chi connectivity index (χ1) is 15.3. The number of aliphatic hydroxyl groups is 1. The van der Waals surface area contributed by atoms with E-state index in [0.717, 1.165) is 42.6 Å². The second-order valence-electron chi connectivity index (χ2n) is 11.0. The highest BCUT2D eigenvalue weighted by Crippen LogP contribution is 2.46. The zero-order valence-corrected chi connectivity index (χ0v) is 19.3. The van der Waals surface area contributed by atoms with E-state index in [2.05, 4.69) is 35.5 Å². The predicted octanol–water partition coefficient (Wildman–Crippen LogP) is 4.42. The number of benzene rings is 1. The number of Topliss-reactive ketones (excluding diaryl/α,β-unsaturated/α-hetero) is 1. The number of nitrogens with zero attached hydrogens (tertiary/aromatic N) is 3. The van der Waals surface area contributed by atoms with Crippen LogP contribution in [0, 0.1) is 29.6 Å². The van der Waals surface area contributed by atoms with Crippen molar-refractivity contribution >= 4 is 5.78 Å². The Morgan fingerprint density at radius 3 is 2.50 bits per heavy atom. The molecule has 3 aliphatic rings. The molecule has 32 heavy (non-hydrogen) atoms. The number of fused-ring (bicyclic) bond motifs is 2. The zero-order chi connectivity index (χ0) is 22.6. The van der Waals surface area contributed by atoms with Crippen molar-refractivity contribution < 1.29 is 9.90 Å². The van der Waals surface area contributed by atoms with Crippen LogP contribution < -0.4 is 0 Å². The van der Waals surface area contributed by atoms with Crippen molar-refractivity contribution in [3.05, 3.63) is 52.8 Å². The van der Waals surface area contributed by atoms with Gasteiger partial charge in [-0.2, -0.15) is 5.26 Å². The van der Waals surface area contributed by atoms with Crippen LogP contribution in [0.1, 0.15) is 73.3 Å². The number of aromatic nitrogens is 1. The van der Waals surface area contributed by atoms with Gasteiger partial charge in [-0.3, -0.25) is 9.69 Å². The lowest BCUT2D eigenvalue weighted by molar-refractivity contribution is 0.0872. The number of hydrogen-bond acceptors (Lipinski definition) is 4. The largest absolute Gasteiger partial charge is 0.391 e. The Kier molecular flexibility index (Phi) is 5.27. The van der Waals surface area contributed by atoms with Crippen molar-refractivity contribution in [2.24, 2.45) is 11.3 Å². The molecule has 5 rings (SSSR count). The molecular weight excluding hydrogens is 398 g/mol. The highest BCUT2D eigenvalue weighted by Gasteiger charge is 2.46. The number of nitriles is 1. The van der Waals surface area contributed by atoms with E-state index < -0.39 is 0 Å². The smallest absolute Gasteiger partial charge is 0.178 e. The zero-order valence-electron chi connectivity index (χ0n) is 19.3. The maximum absolute atomic E-state index is 13.4. The molecule has 2 saturated heterocycles. The molecule has 168 valence electrons. The first kappa shape index (κ1) is 21.4. The highest BCUT2D eigenvalue weighted by molar-refractivity contribution is 5.99. The van der Waals surface area contributed by atoms with Crippen LogP contribution in [0.4, 0.5) is 0 Å². The number of carbonyl (C=O) groups excluding carboxylic acids is 1. The molecule has 1 N–H and O–H groups in total. The summed E-state index contributed by atoms with van der Waals surface area (Å²) in [6.45, 7) is 7.07. The second kappa shape index (κ2) is 7.86. The third-order valence-corrected chi connectivity index (χ3v) is 8.03. The van der Waals surface area contributed by atoms with Crippen molar-refractivity contribution in [2.45, 2.75) is 77.5 Å². The standard InChI is InChI=1S/C27H33N3O2/c1-17-23(26(32)16-29-21-8-9-24(29)25(31)12-21)11-22(10-19-13-27(2,3)14-19)30(17)20-6-4-18(15-28)5-7-20/h4-7,11,19,21,24-25,31H,8-10,12-14,16H2,1-3H3/t21-,24+,25+/m0/s1. The SMILES string of the molecule is Cc1c(C(=O)CN2[C@H]3CC[C@@H]2[C@H](O)C3)cc(CC2CC(C)(C)C2)n1-c1ccc(C#N)cc1. The molecule has 1 aromatic heterocycles. The van der Waals surface area contributed by atoms with E-state index in [1.54, 1.807) is 0 Å². The van der Waals surface area contributed by atoms with Crippen LogP contribution in [0.2, 0.25) is 0 Å². The van der Waals surface area contributed by atoms with Gasteiger partial charge in [-0.05, 0) is 87.1 Å². The van der Waals surface area contributed by atoms with Gasteiger partial charge in [0.1, 0.15) is 0 Å². The molecule has 0 spiro atoms. The van der Waals surface area contributed by atoms with Crippen LogP contribution in [-0.2, 0) is 6.42 Å². The van der Waals surface area contributed by atoms with Gasteiger partial charge in [-0.25, -0.2) is 0 Å². The summed E-state index contributed by atoms with van der Waals surface area (Å²) in [7, 11) is 0. The van der Waals surface area contributed by atoms with Crippen molar-refractivity contribution in [1.29, 1.82) is 5.26 Å². The Morgan fingerprint density at radius 1 is 1.22 bits per heavy atom. The lowest BCUT2D eigenvalue weighted by Gasteiger charge is -2.43. The monoisotopic (exact) mass is 431 g/mol. The minimum atomic E-state index is -0.288. The number of carbonyl (C=O) groups is 1.